The number of rotatable bonds is 5. The summed E-state index contributed by atoms with van der Waals surface area (Å²) in [7, 11) is 0. The Morgan fingerprint density at radius 3 is 1.50 bits per heavy atom. The van der Waals surface area contributed by atoms with Gasteiger partial charge in [-0.3, -0.25) is 0 Å². The molecule has 0 amide bonds. The Bertz CT molecular complexity index is 635. The summed E-state index contributed by atoms with van der Waals surface area (Å²) in [6.45, 7) is 3.97. The molecule has 0 radical (unpaired) electrons. The van der Waals surface area contributed by atoms with Gasteiger partial charge in [0.1, 0.15) is 11.5 Å². The molecule has 0 aliphatic carbocycles. The molecule has 2 N–H and O–H groups in total. The first-order chi connectivity index (χ1) is 10.7. The Labute approximate surface area is 132 Å². The summed E-state index contributed by atoms with van der Waals surface area (Å²) in [5.74, 6) is 0.366. The van der Waals surface area contributed by atoms with Gasteiger partial charge in [0.2, 0.25) is 0 Å². The smallest absolute Gasteiger partial charge is 0.123 e. The molecule has 0 saturated carbocycles. The summed E-state index contributed by atoms with van der Waals surface area (Å²) in [5.41, 5.74) is 3.54. The fourth-order valence-corrected chi connectivity index (χ4v) is 2.36. The third kappa shape index (κ3) is 3.79. The summed E-state index contributed by atoms with van der Waals surface area (Å²) >= 11 is 0. The lowest BCUT2D eigenvalue weighted by atomic mass is 9.97. The van der Waals surface area contributed by atoms with E-state index < -0.39 is 0 Å². The van der Waals surface area contributed by atoms with Crippen molar-refractivity contribution in [1.82, 2.24) is 0 Å². The lowest BCUT2D eigenvalue weighted by Gasteiger charge is -2.11. The van der Waals surface area contributed by atoms with Gasteiger partial charge in [0.05, 0.1) is 0 Å². The second-order valence-corrected chi connectivity index (χ2v) is 5.25. The van der Waals surface area contributed by atoms with E-state index in [9.17, 15) is 10.2 Å². The normalized spacial score (nSPS) is 11.5. The van der Waals surface area contributed by atoms with E-state index in [0.29, 0.717) is 11.1 Å². The molecule has 0 bridgehead atoms. The Morgan fingerprint density at radius 1 is 0.727 bits per heavy atom. The highest BCUT2D eigenvalue weighted by Crippen LogP contribution is 2.36. The molecular weight excluding hydrogens is 272 g/mol. The molecule has 0 aliphatic rings. The summed E-state index contributed by atoms with van der Waals surface area (Å²) in [4.78, 5) is 0. The van der Waals surface area contributed by atoms with Crippen molar-refractivity contribution in [1.29, 1.82) is 0 Å². The van der Waals surface area contributed by atoms with Crippen LogP contribution in [0.25, 0.3) is 11.1 Å². The SMILES string of the molecule is CC=CCc1ccc(O)c(-c2cc(CC=CC)ccc2O)c1. The first kappa shape index (κ1) is 15.9. The number of phenolic OH excluding ortho intramolecular Hbond substituents is 2. The van der Waals surface area contributed by atoms with Crippen molar-refractivity contribution in [3.8, 4) is 22.6 Å². The topological polar surface area (TPSA) is 40.5 Å². The van der Waals surface area contributed by atoms with Gasteiger partial charge < -0.3 is 10.2 Å². The molecule has 0 spiro atoms. The first-order valence-electron chi connectivity index (χ1n) is 7.52. The fraction of sp³-hybridized carbons (Fsp3) is 0.200. The zero-order valence-electron chi connectivity index (χ0n) is 13.1. The maximum absolute atomic E-state index is 10.2. The summed E-state index contributed by atoms with van der Waals surface area (Å²) in [5, 5.41) is 20.3. The third-order valence-corrected chi connectivity index (χ3v) is 3.59. The van der Waals surface area contributed by atoms with E-state index in [4.69, 9.17) is 0 Å². The predicted octanol–water partition coefficient (Wildman–Crippen LogP) is 5.00. The first-order valence-corrected chi connectivity index (χ1v) is 7.52. The Balaban J connectivity index is 2.45. The van der Waals surface area contributed by atoms with Crippen molar-refractivity contribution in [3.63, 3.8) is 0 Å². The van der Waals surface area contributed by atoms with Crippen LogP contribution < -0.4 is 0 Å². The zero-order valence-corrected chi connectivity index (χ0v) is 13.1. The van der Waals surface area contributed by atoms with Gasteiger partial charge in [-0.05, 0) is 62.1 Å². The highest BCUT2D eigenvalue weighted by atomic mass is 16.3. The van der Waals surface area contributed by atoms with E-state index in [1.54, 1.807) is 12.1 Å². The maximum Gasteiger partial charge on any atom is 0.123 e. The minimum absolute atomic E-state index is 0.183. The average Bonchev–Trinajstić information content (AvgIpc) is 2.53. The van der Waals surface area contributed by atoms with Crippen LogP contribution in [0.1, 0.15) is 25.0 Å². The van der Waals surface area contributed by atoms with E-state index in [0.717, 1.165) is 24.0 Å². The van der Waals surface area contributed by atoms with Gasteiger partial charge in [-0.1, -0.05) is 36.4 Å². The van der Waals surface area contributed by atoms with Crippen LogP contribution in [0.5, 0.6) is 11.5 Å². The van der Waals surface area contributed by atoms with Crippen LogP contribution in [0.15, 0.2) is 60.7 Å². The molecular formula is C20H22O2. The van der Waals surface area contributed by atoms with Crippen LogP contribution in [0.4, 0.5) is 0 Å². The lowest BCUT2D eigenvalue weighted by molar-refractivity contribution is 0.469. The number of phenols is 2. The molecule has 0 atom stereocenters. The van der Waals surface area contributed by atoms with Crippen molar-refractivity contribution in [3.05, 3.63) is 71.8 Å². The Kier molecular flexibility index (Phi) is 5.42. The fourth-order valence-electron chi connectivity index (χ4n) is 2.36. The van der Waals surface area contributed by atoms with Crippen LogP contribution >= 0.6 is 0 Å². The molecule has 0 aliphatic heterocycles. The molecule has 0 heterocycles. The molecule has 2 aromatic carbocycles. The number of hydrogen-bond donors (Lipinski definition) is 2. The van der Waals surface area contributed by atoms with E-state index in [1.807, 2.05) is 50.3 Å². The molecule has 2 aromatic rings. The number of benzene rings is 2. The van der Waals surface area contributed by atoms with Gasteiger partial charge in [0.15, 0.2) is 0 Å². The highest BCUT2D eigenvalue weighted by Gasteiger charge is 2.10. The molecule has 0 unspecified atom stereocenters. The van der Waals surface area contributed by atoms with Crippen LogP contribution in [0, 0.1) is 0 Å². The molecule has 2 rings (SSSR count). The van der Waals surface area contributed by atoms with Crippen molar-refractivity contribution >= 4 is 0 Å². The maximum atomic E-state index is 10.2. The van der Waals surface area contributed by atoms with E-state index >= 15 is 0 Å². The summed E-state index contributed by atoms with van der Waals surface area (Å²) in [6, 6.07) is 11.0. The van der Waals surface area contributed by atoms with E-state index in [2.05, 4.69) is 12.2 Å². The van der Waals surface area contributed by atoms with Gasteiger partial charge in [0, 0.05) is 11.1 Å². The minimum Gasteiger partial charge on any atom is -0.507 e. The number of aromatic hydroxyl groups is 2. The van der Waals surface area contributed by atoms with Crippen molar-refractivity contribution in [2.24, 2.45) is 0 Å². The summed E-state index contributed by atoms with van der Waals surface area (Å²) in [6.07, 6.45) is 9.76. The molecule has 2 nitrogen and oxygen atoms in total. The standard InChI is InChI=1S/C20H22O2/c1-3-5-7-15-9-11-19(21)17(13-15)18-14-16(8-6-4-2)10-12-20(18)22/h3-6,9-14,21-22H,7-8H2,1-2H3. The van der Waals surface area contributed by atoms with Crippen LogP contribution in [0.2, 0.25) is 0 Å². The lowest BCUT2D eigenvalue weighted by Crippen LogP contribution is -1.88. The molecule has 114 valence electrons. The van der Waals surface area contributed by atoms with Crippen molar-refractivity contribution in [2.45, 2.75) is 26.7 Å². The van der Waals surface area contributed by atoms with Gasteiger partial charge >= 0.3 is 0 Å². The minimum atomic E-state index is 0.183. The van der Waals surface area contributed by atoms with Gasteiger partial charge in [0.25, 0.3) is 0 Å². The third-order valence-electron chi connectivity index (χ3n) is 3.59. The largest absolute Gasteiger partial charge is 0.507 e. The zero-order chi connectivity index (χ0) is 15.9. The second-order valence-electron chi connectivity index (χ2n) is 5.25. The molecule has 22 heavy (non-hydrogen) atoms. The van der Waals surface area contributed by atoms with Crippen LogP contribution in [-0.2, 0) is 12.8 Å². The molecule has 0 aromatic heterocycles. The van der Waals surface area contributed by atoms with Crippen LogP contribution in [-0.4, -0.2) is 10.2 Å². The average molecular weight is 294 g/mol. The van der Waals surface area contributed by atoms with Gasteiger partial charge in [-0.15, -0.1) is 0 Å². The highest BCUT2D eigenvalue weighted by molar-refractivity contribution is 5.76. The van der Waals surface area contributed by atoms with Gasteiger partial charge in [-0.25, -0.2) is 0 Å². The summed E-state index contributed by atoms with van der Waals surface area (Å²) < 4.78 is 0. The Hall–Kier alpha value is -2.48. The van der Waals surface area contributed by atoms with Gasteiger partial charge in [-0.2, -0.15) is 0 Å². The predicted molar refractivity (Wildman–Crippen MR) is 92.2 cm³/mol. The van der Waals surface area contributed by atoms with E-state index in [-0.39, 0.29) is 11.5 Å². The Morgan fingerprint density at radius 2 is 1.14 bits per heavy atom. The number of allylic oxidation sites excluding steroid dienone is 4. The van der Waals surface area contributed by atoms with Crippen molar-refractivity contribution < 1.29 is 10.2 Å². The molecule has 0 saturated heterocycles. The second kappa shape index (κ2) is 7.51. The molecule has 0 fully saturated rings. The molecule has 2 heteroatoms. The quantitative estimate of drug-likeness (QED) is 0.762. The van der Waals surface area contributed by atoms with E-state index in [1.165, 1.54) is 0 Å². The number of hydrogen-bond acceptors (Lipinski definition) is 2. The monoisotopic (exact) mass is 294 g/mol. The van der Waals surface area contributed by atoms with Crippen LogP contribution in [0.3, 0.4) is 0 Å². The van der Waals surface area contributed by atoms with Crippen molar-refractivity contribution in [2.75, 3.05) is 0 Å².